The third-order valence-corrected chi connectivity index (χ3v) is 9.50. The first-order valence-corrected chi connectivity index (χ1v) is 16.7. The molecule has 1 aromatic heterocycles. The van der Waals surface area contributed by atoms with E-state index in [-0.39, 0.29) is 21.8 Å². The van der Waals surface area contributed by atoms with Crippen molar-refractivity contribution in [3.8, 4) is 11.4 Å². The Kier molecular flexibility index (Phi) is 10.3. The van der Waals surface area contributed by atoms with Gasteiger partial charge in [-0.2, -0.15) is 4.68 Å². The van der Waals surface area contributed by atoms with Crippen LogP contribution in [0.4, 0.5) is 10.1 Å². The number of fused-ring (bicyclic) bond motifs is 1. The van der Waals surface area contributed by atoms with Gasteiger partial charge in [0.25, 0.3) is 5.91 Å². The third-order valence-electron chi connectivity index (χ3n) is 9.21. The molecule has 2 aliphatic rings. The molecule has 3 N–H and O–H groups in total. The molecule has 0 radical (unpaired) electrons. The number of tetrazole rings is 1. The molecule has 0 saturated carbocycles. The van der Waals surface area contributed by atoms with E-state index in [4.69, 9.17) is 16.3 Å². The van der Waals surface area contributed by atoms with E-state index < -0.39 is 35.2 Å². The van der Waals surface area contributed by atoms with E-state index in [2.05, 4.69) is 26.2 Å². The highest BCUT2D eigenvalue weighted by atomic mass is 35.5. The van der Waals surface area contributed by atoms with Gasteiger partial charge in [-0.1, -0.05) is 23.7 Å². The number of nitrogens with zero attached hydrogens (tertiary/aromatic N) is 5. The number of aromatic nitrogens is 4. The number of nitrogens with one attached hydrogen (secondary N) is 2. The first kappa shape index (κ1) is 34.7. The average molecular weight is 702 g/mol. The molecule has 0 spiro atoms. The lowest BCUT2D eigenvalue weighted by molar-refractivity contribution is -0.142. The van der Waals surface area contributed by atoms with Gasteiger partial charge in [0, 0.05) is 28.4 Å². The monoisotopic (exact) mass is 701 g/mol. The molecule has 3 aromatic carbocycles. The topological polar surface area (TPSA) is 152 Å². The predicted octanol–water partition coefficient (Wildman–Crippen LogP) is 5.48. The number of rotatable bonds is 10. The molecule has 14 heteroatoms. The summed E-state index contributed by atoms with van der Waals surface area (Å²) in [5, 5.41) is 26.5. The standard InChI is InChI=1S/C36H37ClFN7O5/c1-36(2)20-27-25(4-3-5-30(27)50-19-16-22-14-17-39-18-15-22)33(34(47)41-24-8-6-23(7-9-24)35(48)49)45(36)31(46)13-10-26-29(44-21-40-42-43-44)12-11-28(37)32(26)38/h3-13,21-22,33,39H,14-20H2,1-2H3,(H,41,47)(H,48,49)/t33-/m0/s1. The summed E-state index contributed by atoms with van der Waals surface area (Å²) in [6.45, 7) is 6.24. The lowest BCUT2D eigenvalue weighted by Crippen LogP contribution is -2.56. The number of hydrogen-bond acceptors (Lipinski definition) is 8. The molecule has 50 heavy (non-hydrogen) atoms. The van der Waals surface area contributed by atoms with E-state index in [1.807, 2.05) is 19.9 Å². The Balaban J connectivity index is 1.35. The van der Waals surface area contributed by atoms with E-state index in [1.165, 1.54) is 64.5 Å². The van der Waals surface area contributed by atoms with Crippen molar-refractivity contribution in [1.82, 2.24) is 30.4 Å². The quantitative estimate of drug-likeness (QED) is 0.183. The highest BCUT2D eigenvalue weighted by Crippen LogP contribution is 2.43. The fraction of sp³-hybridized carbons (Fsp3) is 0.333. The van der Waals surface area contributed by atoms with Crippen LogP contribution in [0.5, 0.6) is 5.75 Å². The zero-order valence-corrected chi connectivity index (χ0v) is 28.4. The second kappa shape index (κ2) is 14.8. The molecular formula is C36H37ClFN7O5. The largest absolute Gasteiger partial charge is 0.493 e. The van der Waals surface area contributed by atoms with Crippen molar-refractivity contribution < 1.29 is 28.6 Å². The van der Waals surface area contributed by atoms with Gasteiger partial charge in [-0.05, 0) is 123 Å². The number of ether oxygens (including phenoxy) is 1. The van der Waals surface area contributed by atoms with Gasteiger partial charge >= 0.3 is 5.97 Å². The lowest BCUT2D eigenvalue weighted by atomic mass is 9.80. The summed E-state index contributed by atoms with van der Waals surface area (Å²) in [5.41, 5.74) is 1.16. The maximum absolute atomic E-state index is 15.4. The van der Waals surface area contributed by atoms with Crippen molar-refractivity contribution in [3.05, 3.63) is 100 Å². The first-order chi connectivity index (χ1) is 24.0. The number of carbonyl (C=O) groups excluding carboxylic acids is 2. The Morgan fingerprint density at radius 1 is 1.12 bits per heavy atom. The summed E-state index contributed by atoms with van der Waals surface area (Å²) in [5.74, 6) is -1.70. The van der Waals surface area contributed by atoms with Crippen molar-refractivity contribution in [2.24, 2.45) is 5.92 Å². The number of piperidine rings is 1. The Morgan fingerprint density at radius 2 is 1.88 bits per heavy atom. The molecule has 0 bridgehead atoms. The first-order valence-electron chi connectivity index (χ1n) is 16.4. The summed E-state index contributed by atoms with van der Waals surface area (Å²) in [6, 6.07) is 13.0. The lowest BCUT2D eigenvalue weighted by Gasteiger charge is -2.47. The van der Waals surface area contributed by atoms with Gasteiger partial charge in [0.2, 0.25) is 5.91 Å². The minimum absolute atomic E-state index is 0.0164. The summed E-state index contributed by atoms with van der Waals surface area (Å²) in [6.07, 6.45) is 7.28. The van der Waals surface area contributed by atoms with E-state index in [1.54, 1.807) is 12.1 Å². The Morgan fingerprint density at radius 3 is 2.58 bits per heavy atom. The summed E-state index contributed by atoms with van der Waals surface area (Å²) >= 11 is 6.11. The van der Waals surface area contributed by atoms with Crippen molar-refractivity contribution >= 4 is 41.1 Å². The van der Waals surface area contributed by atoms with Crippen LogP contribution in [0.15, 0.2) is 67.0 Å². The van der Waals surface area contributed by atoms with Gasteiger partial charge < -0.3 is 25.4 Å². The molecule has 1 fully saturated rings. The molecule has 260 valence electrons. The third kappa shape index (κ3) is 7.38. The van der Waals surface area contributed by atoms with Crippen molar-refractivity contribution in [2.75, 3.05) is 25.0 Å². The molecule has 0 aliphatic carbocycles. The molecule has 4 aromatic rings. The van der Waals surface area contributed by atoms with Gasteiger partial charge in [-0.15, -0.1) is 5.10 Å². The highest BCUT2D eigenvalue weighted by Gasteiger charge is 2.46. The van der Waals surface area contributed by atoms with Crippen molar-refractivity contribution in [3.63, 3.8) is 0 Å². The Labute approximate surface area is 293 Å². The van der Waals surface area contributed by atoms with Crippen LogP contribution >= 0.6 is 11.6 Å². The minimum atomic E-state index is -1.12. The van der Waals surface area contributed by atoms with Gasteiger partial charge in [0.1, 0.15) is 18.1 Å². The number of carboxylic acid groups (broad SMARTS) is 1. The number of aromatic carboxylic acids is 1. The number of anilines is 1. The van der Waals surface area contributed by atoms with Crippen LogP contribution in [0.2, 0.25) is 5.02 Å². The van der Waals surface area contributed by atoms with Crippen LogP contribution in [0.3, 0.4) is 0 Å². The zero-order chi connectivity index (χ0) is 35.4. The van der Waals surface area contributed by atoms with Crippen molar-refractivity contribution in [1.29, 1.82) is 0 Å². The van der Waals surface area contributed by atoms with Crippen LogP contribution in [0.25, 0.3) is 11.8 Å². The van der Waals surface area contributed by atoms with E-state index in [0.717, 1.165) is 37.9 Å². The van der Waals surface area contributed by atoms with Crippen LogP contribution in [-0.2, 0) is 16.0 Å². The SMILES string of the molecule is CC1(C)Cc2c(OCCC3CCNCC3)cccc2[C@@H](C(=O)Nc2ccc(C(=O)O)cc2)N1C(=O)C=Cc1c(-n2cnnn2)ccc(Cl)c1F. The molecule has 1 atom stereocenters. The molecule has 6 rings (SSSR count). The predicted molar refractivity (Wildman–Crippen MR) is 185 cm³/mol. The molecule has 0 unspecified atom stereocenters. The Hall–Kier alpha value is -5.14. The van der Waals surface area contributed by atoms with Crippen molar-refractivity contribution in [2.45, 2.75) is 51.1 Å². The smallest absolute Gasteiger partial charge is 0.335 e. The molecule has 2 amide bonds. The maximum atomic E-state index is 15.4. The number of amides is 2. The normalized spacial score (nSPS) is 17.4. The molecule has 1 saturated heterocycles. The summed E-state index contributed by atoms with van der Waals surface area (Å²) in [7, 11) is 0. The molecule has 3 heterocycles. The molecule has 12 nitrogen and oxygen atoms in total. The molecule has 2 aliphatic heterocycles. The molecular weight excluding hydrogens is 665 g/mol. The number of benzene rings is 3. The van der Waals surface area contributed by atoms with E-state index in [9.17, 15) is 19.5 Å². The fourth-order valence-corrected chi connectivity index (χ4v) is 6.85. The van der Waals surface area contributed by atoms with E-state index >= 15 is 4.39 Å². The van der Waals surface area contributed by atoms with Crippen LogP contribution in [0, 0.1) is 11.7 Å². The number of carboxylic acids is 1. The van der Waals surface area contributed by atoms with Crippen LogP contribution in [0.1, 0.15) is 66.2 Å². The van der Waals surface area contributed by atoms with Gasteiger partial charge in [-0.25, -0.2) is 9.18 Å². The fourth-order valence-electron chi connectivity index (χ4n) is 6.69. The highest BCUT2D eigenvalue weighted by molar-refractivity contribution is 6.31. The summed E-state index contributed by atoms with van der Waals surface area (Å²) in [4.78, 5) is 41.4. The average Bonchev–Trinajstić information content (AvgIpc) is 3.64. The number of hydrogen-bond donors (Lipinski definition) is 3. The zero-order valence-electron chi connectivity index (χ0n) is 27.6. The van der Waals surface area contributed by atoms with Crippen LogP contribution < -0.4 is 15.4 Å². The second-order valence-electron chi connectivity index (χ2n) is 13.0. The van der Waals surface area contributed by atoms with Gasteiger partial charge in [0.05, 0.1) is 22.9 Å². The van der Waals surface area contributed by atoms with Crippen LogP contribution in [-0.4, -0.2) is 73.2 Å². The number of carbonyl (C=O) groups is 3. The second-order valence-corrected chi connectivity index (χ2v) is 13.4. The van der Waals surface area contributed by atoms with E-state index in [0.29, 0.717) is 35.9 Å². The minimum Gasteiger partial charge on any atom is -0.493 e. The van der Waals surface area contributed by atoms with Gasteiger partial charge in [0.15, 0.2) is 5.82 Å². The summed E-state index contributed by atoms with van der Waals surface area (Å²) < 4.78 is 23.0. The van der Waals surface area contributed by atoms with Gasteiger partial charge in [-0.3, -0.25) is 9.59 Å². The Bertz CT molecular complexity index is 1910. The number of halogens is 2. The maximum Gasteiger partial charge on any atom is 0.335 e.